The van der Waals surface area contributed by atoms with Crippen LogP contribution < -0.4 is 20.1 Å². The number of ether oxygens (including phenoxy) is 2. The summed E-state index contributed by atoms with van der Waals surface area (Å²) >= 11 is 0. The quantitative estimate of drug-likeness (QED) is 0.877. The van der Waals surface area contributed by atoms with Gasteiger partial charge >= 0.3 is 0 Å². The smallest absolute Gasteiger partial charge is 0.239 e. The Morgan fingerprint density at radius 3 is 2.68 bits per heavy atom. The van der Waals surface area contributed by atoms with Crippen molar-refractivity contribution in [1.29, 1.82) is 0 Å². The maximum Gasteiger partial charge on any atom is 0.239 e. The first-order chi connectivity index (χ1) is 10.8. The molecule has 0 unspecified atom stereocenters. The predicted octanol–water partition coefficient (Wildman–Crippen LogP) is 1.58. The zero-order valence-electron chi connectivity index (χ0n) is 12.0. The van der Waals surface area contributed by atoms with Crippen LogP contribution in [0, 0.1) is 0 Å². The minimum Gasteiger partial charge on any atom is -0.486 e. The zero-order chi connectivity index (χ0) is 15.2. The van der Waals surface area contributed by atoms with Gasteiger partial charge in [-0.1, -0.05) is 0 Å². The molecule has 0 saturated carbocycles. The van der Waals surface area contributed by atoms with Crippen molar-refractivity contribution in [2.24, 2.45) is 0 Å². The van der Waals surface area contributed by atoms with Crippen LogP contribution in [0.25, 0.3) is 0 Å². The molecule has 0 spiro atoms. The second-order valence-corrected chi connectivity index (χ2v) is 4.84. The third-order valence-electron chi connectivity index (χ3n) is 3.23. The Morgan fingerprint density at radius 1 is 1.09 bits per heavy atom. The van der Waals surface area contributed by atoms with E-state index in [1.807, 2.05) is 30.3 Å². The van der Waals surface area contributed by atoms with E-state index < -0.39 is 0 Å². The Labute approximate surface area is 128 Å². The molecule has 22 heavy (non-hydrogen) atoms. The van der Waals surface area contributed by atoms with E-state index in [2.05, 4.69) is 15.6 Å². The third-order valence-corrected chi connectivity index (χ3v) is 3.23. The summed E-state index contributed by atoms with van der Waals surface area (Å²) in [6.07, 6.45) is 3.41. The van der Waals surface area contributed by atoms with E-state index in [-0.39, 0.29) is 12.5 Å². The summed E-state index contributed by atoms with van der Waals surface area (Å²) in [4.78, 5) is 15.8. The highest BCUT2D eigenvalue weighted by Gasteiger charge is 2.11. The lowest BCUT2D eigenvalue weighted by Crippen LogP contribution is -2.29. The molecule has 1 amide bonds. The van der Waals surface area contributed by atoms with Crippen LogP contribution in [0.2, 0.25) is 0 Å². The minimum atomic E-state index is -0.0771. The predicted molar refractivity (Wildman–Crippen MR) is 82.0 cm³/mol. The van der Waals surface area contributed by atoms with Gasteiger partial charge in [-0.3, -0.25) is 9.78 Å². The maximum absolute atomic E-state index is 11.8. The second-order valence-electron chi connectivity index (χ2n) is 4.84. The fourth-order valence-corrected chi connectivity index (χ4v) is 2.10. The highest BCUT2D eigenvalue weighted by Crippen LogP contribution is 2.32. The van der Waals surface area contributed by atoms with Crippen molar-refractivity contribution in [3.63, 3.8) is 0 Å². The number of nitrogens with one attached hydrogen (secondary N) is 2. The van der Waals surface area contributed by atoms with E-state index in [0.717, 1.165) is 17.0 Å². The van der Waals surface area contributed by atoms with Gasteiger partial charge in [-0.2, -0.15) is 0 Å². The van der Waals surface area contributed by atoms with E-state index in [9.17, 15) is 4.79 Å². The van der Waals surface area contributed by atoms with Crippen molar-refractivity contribution in [1.82, 2.24) is 10.3 Å². The van der Waals surface area contributed by atoms with E-state index in [1.165, 1.54) is 0 Å². The first-order valence-electron chi connectivity index (χ1n) is 7.10. The number of fused-ring (bicyclic) bond motifs is 1. The Kier molecular flexibility index (Phi) is 4.38. The van der Waals surface area contributed by atoms with E-state index in [4.69, 9.17) is 9.47 Å². The lowest BCUT2D eigenvalue weighted by atomic mass is 10.2. The molecule has 6 nitrogen and oxygen atoms in total. The SMILES string of the molecule is O=C(CNc1ccc2c(c1)OCCO2)NCc1ccncc1. The number of pyridine rings is 1. The van der Waals surface area contributed by atoms with Crippen molar-refractivity contribution in [2.45, 2.75) is 6.54 Å². The molecule has 6 heteroatoms. The lowest BCUT2D eigenvalue weighted by molar-refractivity contribution is -0.119. The topological polar surface area (TPSA) is 72.5 Å². The fourth-order valence-electron chi connectivity index (χ4n) is 2.10. The molecule has 1 aliphatic rings. The number of hydrogen-bond donors (Lipinski definition) is 2. The summed E-state index contributed by atoms with van der Waals surface area (Å²) in [5.41, 5.74) is 1.84. The molecule has 0 radical (unpaired) electrons. The van der Waals surface area contributed by atoms with Gasteiger partial charge in [0.15, 0.2) is 11.5 Å². The number of nitrogens with zero attached hydrogens (tertiary/aromatic N) is 1. The number of benzene rings is 1. The van der Waals surface area contributed by atoms with Crippen LogP contribution in [0.15, 0.2) is 42.7 Å². The highest BCUT2D eigenvalue weighted by molar-refractivity contribution is 5.80. The molecule has 0 aliphatic carbocycles. The lowest BCUT2D eigenvalue weighted by Gasteiger charge is -2.19. The van der Waals surface area contributed by atoms with Gasteiger partial charge < -0.3 is 20.1 Å². The van der Waals surface area contributed by atoms with Gasteiger partial charge in [-0.05, 0) is 29.8 Å². The molecule has 1 aromatic heterocycles. The minimum absolute atomic E-state index is 0.0771. The van der Waals surface area contributed by atoms with Crippen LogP contribution in [-0.2, 0) is 11.3 Å². The average Bonchev–Trinajstić information content (AvgIpc) is 2.59. The van der Waals surface area contributed by atoms with Gasteiger partial charge in [0.05, 0.1) is 6.54 Å². The molecule has 0 saturated heterocycles. The molecular weight excluding hydrogens is 282 g/mol. The van der Waals surface area contributed by atoms with Crippen LogP contribution in [0.4, 0.5) is 5.69 Å². The summed E-state index contributed by atoms with van der Waals surface area (Å²) in [5, 5.41) is 5.92. The van der Waals surface area contributed by atoms with E-state index in [1.54, 1.807) is 12.4 Å². The number of hydrogen-bond acceptors (Lipinski definition) is 5. The molecule has 1 aromatic carbocycles. The Morgan fingerprint density at radius 2 is 1.86 bits per heavy atom. The summed E-state index contributed by atoms with van der Waals surface area (Å²) < 4.78 is 11.0. The van der Waals surface area contributed by atoms with Crippen LogP contribution in [0.5, 0.6) is 11.5 Å². The maximum atomic E-state index is 11.8. The zero-order valence-corrected chi connectivity index (χ0v) is 12.0. The molecule has 0 bridgehead atoms. The van der Waals surface area contributed by atoms with Crippen molar-refractivity contribution in [3.05, 3.63) is 48.3 Å². The monoisotopic (exact) mass is 299 g/mol. The molecule has 2 heterocycles. The molecular formula is C16H17N3O3. The molecule has 2 aromatic rings. The number of anilines is 1. The van der Waals surface area contributed by atoms with Gasteiger partial charge in [-0.15, -0.1) is 0 Å². The largest absolute Gasteiger partial charge is 0.486 e. The molecule has 1 aliphatic heterocycles. The highest BCUT2D eigenvalue weighted by atomic mass is 16.6. The van der Waals surface area contributed by atoms with Crippen molar-refractivity contribution >= 4 is 11.6 Å². The van der Waals surface area contributed by atoms with Gasteiger partial charge in [0.2, 0.25) is 5.91 Å². The Balaban J connectivity index is 1.48. The molecule has 0 atom stereocenters. The van der Waals surface area contributed by atoms with Gasteiger partial charge in [0, 0.05) is 30.7 Å². The number of aromatic nitrogens is 1. The number of carbonyl (C=O) groups is 1. The first kappa shape index (κ1) is 14.2. The van der Waals surface area contributed by atoms with E-state index >= 15 is 0 Å². The summed E-state index contributed by atoms with van der Waals surface area (Å²) in [5.74, 6) is 1.36. The standard InChI is InChI=1S/C16H17N3O3/c20-16(19-10-12-3-5-17-6-4-12)11-18-13-1-2-14-15(9-13)22-8-7-21-14/h1-6,9,18H,7-8,10-11H2,(H,19,20). The normalized spacial score (nSPS) is 12.5. The number of carbonyl (C=O) groups excluding carboxylic acids is 1. The van der Waals surface area contributed by atoms with Crippen LogP contribution in [0.3, 0.4) is 0 Å². The summed E-state index contributed by atoms with van der Waals surface area (Å²) in [7, 11) is 0. The van der Waals surface area contributed by atoms with Gasteiger partial charge in [0.25, 0.3) is 0 Å². The molecule has 3 rings (SSSR count). The van der Waals surface area contributed by atoms with Crippen molar-refractivity contribution in [3.8, 4) is 11.5 Å². The van der Waals surface area contributed by atoms with Crippen molar-refractivity contribution in [2.75, 3.05) is 25.1 Å². The number of amides is 1. The Bertz CT molecular complexity index is 646. The second kappa shape index (κ2) is 6.80. The number of rotatable bonds is 5. The van der Waals surface area contributed by atoms with Gasteiger partial charge in [0.1, 0.15) is 13.2 Å². The van der Waals surface area contributed by atoms with E-state index in [0.29, 0.717) is 25.5 Å². The average molecular weight is 299 g/mol. The van der Waals surface area contributed by atoms with Crippen molar-refractivity contribution < 1.29 is 14.3 Å². The summed E-state index contributed by atoms with van der Waals surface area (Å²) in [6, 6.07) is 9.28. The fraction of sp³-hybridized carbons (Fsp3) is 0.250. The Hall–Kier alpha value is -2.76. The third kappa shape index (κ3) is 3.66. The molecule has 0 fully saturated rings. The van der Waals surface area contributed by atoms with Crippen LogP contribution in [0.1, 0.15) is 5.56 Å². The first-order valence-corrected chi connectivity index (χ1v) is 7.10. The van der Waals surface area contributed by atoms with Gasteiger partial charge in [-0.25, -0.2) is 0 Å². The van der Waals surface area contributed by atoms with Crippen LogP contribution in [-0.4, -0.2) is 30.6 Å². The summed E-state index contributed by atoms with van der Waals surface area (Å²) in [6.45, 7) is 1.80. The van der Waals surface area contributed by atoms with Crippen LogP contribution >= 0.6 is 0 Å². The molecule has 2 N–H and O–H groups in total. The molecule has 114 valence electrons.